The van der Waals surface area contributed by atoms with Gasteiger partial charge in [-0.05, 0) is 37.1 Å². The lowest BCUT2D eigenvalue weighted by Crippen LogP contribution is -2.25. The van der Waals surface area contributed by atoms with Crippen molar-refractivity contribution in [3.05, 3.63) is 23.8 Å². The van der Waals surface area contributed by atoms with Gasteiger partial charge in [0.2, 0.25) is 16.9 Å². The van der Waals surface area contributed by atoms with E-state index in [9.17, 15) is 14.4 Å². The smallest absolute Gasteiger partial charge is 0.413 e. The number of amides is 3. The molecule has 0 unspecified atom stereocenters. The highest BCUT2D eigenvalue weighted by molar-refractivity contribution is 8.01. The molecule has 0 saturated heterocycles. The van der Waals surface area contributed by atoms with E-state index in [2.05, 4.69) is 20.8 Å². The number of aromatic nitrogens is 2. The Hall–Kier alpha value is -2.66. The number of thioether (sulfide) groups is 1. The molecule has 2 aromatic rings. The lowest BCUT2D eigenvalue weighted by Gasteiger charge is -2.15. The third-order valence-electron chi connectivity index (χ3n) is 3.86. The number of hydrogen-bond donors (Lipinski definition) is 2. The number of rotatable bonds is 6. The third-order valence-corrected chi connectivity index (χ3v) is 5.83. The van der Waals surface area contributed by atoms with Crippen LogP contribution in [0.3, 0.4) is 0 Å². The molecule has 9 nitrogen and oxygen atoms in total. The van der Waals surface area contributed by atoms with Gasteiger partial charge in [-0.2, -0.15) is 0 Å². The number of hydrogen-bond acceptors (Lipinski definition) is 8. The standard InChI is InChI=1S/C17H19N5O4S2/c1-3-26-16(25)19-15-20-21-17(28-15)27-9-14(24)18-12-4-5-13-11(8-12)6-7-22(13)10(2)23/h4-5,8H,3,6-7,9H2,1-2H3,(H,18,24)(H,19,20,25). The van der Waals surface area contributed by atoms with Crippen molar-refractivity contribution in [2.45, 2.75) is 24.6 Å². The van der Waals surface area contributed by atoms with Gasteiger partial charge in [-0.25, -0.2) is 4.79 Å². The minimum Gasteiger partial charge on any atom is -0.450 e. The van der Waals surface area contributed by atoms with Crippen molar-refractivity contribution < 1.29 is 19.1 Å². The highest BCUT2D eigenvalue weighted by Crippen LogP contribution is 2.31. The largest absolute Gasteiger partial charge is 0.450 e. The van der Waals surface area contributed by atoms with Gasteiger partial charge in [-0.3, -0.25) is 14.9 Å². The molecule has 28 heavy (non-hydrogen) atoms. The Morgan fingerprint density at radius 2 is 2.11 bits per heavy atom. The maximum atomic E-state index is 12.2. The fourth-order valence-electron chi connectivity index (χ4n) is 2.70. The zero-order valence-electron chi connectivity index (χ0n) is 15.4. The summed E-state index contributed by atoms with van der Waals surface area (Å²) < 4.78 is 5.33. The molecule has 11 heteroatoms. The molecule has 0 aliphatic carbocycles. The Morgan fingerprint density at radius 1 is 1.29 bits per heavy atom. The topological polar surface area (TPSA) is 114 Å². The van der Waals surface area contributed by atoms with Gasteiger partial charge in [0.05, 0.1) is 12.4 Å². The lowest BCUT2D eigenvalue weighted by atomic mass is 10.1. The second kappa shape index (κ2) is 9.02. The third kappa shape index (κ3) is 4.98. The number of ether oxygens (including phenoxy) is 1. The number of benzene rings is 1. The Kier molecular flexibility index (Phi) is 6.47. The van der Waals surface area contributed by atoms with E-state index in [1.807, 2.05) is 12.1 Å². The van der Waals surface area contributed by atoms with Crippen molar-refractivity contribution in [3.8, 4) is 0 Å². The summed E-state index contributed by atoms with van der Waals surface area (Å²) in [4.78, 5) is 36.9. The van der Waals surface area contributed by atoms with E-state index < -0.39 is 6.09 Å². The van der Waals surface area contributed by atoms with Gasteiger partial charge in [0, 0.05) is 24.8 Å². The molecule has 0 saturated carbocycles. The Morgan fingerprint density at radius 3 is 2.86 bits per heavy atom. The minimum absolute atomic E-state index is 0.0146. The number of nitrogens with zero attached hydrogens (tertiary/aromatic N) is 3. The van der Waals surface area contributed by atoms with E-state index in [0.29, 0.717) is 21.7 Å². The molecule has 1 aromatic carbocycles. The van der Waals surface area contributed by atoms with Gasteiger partial charge in [0.25, 0.3) is 0 Å². The summed E-state index contributed by atoms with van der Waals surface area (Å²) in [5, 5.41) is 13.4. The predicted molar refractivity (Wildman–Crippen MR) is 108 cm³/mol. The summed E-state index contributed by atoms with van der Waals surface area (Å²) in [6.07, 6.45) is 0.182. The summed E-state index contributed by atoms with van der Waals surface area (Å²) >= 11 is 2.39. The summed E-state index contributed by atoms with van der Waals surface area (Å²) in [6.45, 7) is 4.18. The van der Waals surface area contributed by atoms with Crippen LogP contribution in [-0.2, 0) is 20.7 Å². The van der Waals surface area contributed by atoms with Gasteiger partial charge >= 0.3 is 6.09 Å². The number of carbonyl (C=O) groups excluding carboxylic acids is 3. The van der Waals surface area contributed by atoms with Gasteiger partial charge in [-0.1, -0.05) is 23.1 Å². The molecule has 2 N–H and O–H groups in total. The fourth-order valence-corrected chi connectivity index (χ4v) is 4.24. The molecule has 0 fully saturated rings. The van der Waals surface area contributed by atoms with E-state index in [1.54, 1.807) is 24.8 Å². The van der Waals surface area contributed by atoms with Crippen LogP contribution < -0.4 is 15.5 Å². The highest BCUT2D eigenvalue weighted by atomic mass is 32.2. The maximum absolute atomic E-state index is 12.2. The summed E-state index contributed by atoms with van der Waals surface area (Å²) in [5.74, 6) is -0.00712. The molecule has 1 aliphatic rings. The first-order chi connectivity index (χ1) is 13.5. The fraction of sp³-hybridized carbons (Fsp3) is 0.353. The zero-order chi connectivity index (χ0) is 20.1. The average Bonchev–Trinajstić information content (AvgIpc) is 3.26. The quantitative estimate of drug-likeness (QED) is 0.544. The first-order valence-electron chi connectivity index (χ1n) is 8.57. The average molecular weight is 422 g/mol. The van der Waals surface area contributed by atoms with Crippen molar-refractivity contribution in [2.75, 3.05) is 34.4 Å². The van der Waals surface area contributed by atoms with Crippen molar-refractivity contribution >= 4 is 57.5 Å². The lowest BCUT2D eigenvalue weighted by molar-refractivity contribution is -0.116. The molecule has 148 valence electrons. The zero-order valence-corrected chi connectivity index (χ0v) is 17.0. The van der Waals surface area contributed by atoms with Gasteiger partial charge in [0.1, 0.15) is 0 Å². The maximum Gasteiger partial charge on any atom is 0.413 e. The molecule has 1 aliphatic heterocycles. The van der Waals surface area contributed by atoms with Gasteiger partial charge in [-0.15, -0.1) is 10.2 Å². The number of anilines is 3. The highest BCUT2D eigenvalue weighted by Gasteiger charge is 2.22. The van der Waals surface area contributed by atoms with E-state index >= 15 is 0 Å². The molecular weight excluding hydrogens is 402 g/mol. The SMILES string of the molecule is CCOC(=O)Nc1nnc(SCC(=O)Nc2ccc3c(c2)CCN3C(C)=O)s1. The summed E-state index contributed by atoms with van der Waals surface area (Å²) in [6, 6.07) is 5.53. The Balaban J connectivity index is 1.51. The normalized spacial score (nSPS) is 12.4. The Bertz CT molecular complexity index is 901. The number of nitrogens with one attached hydrogen (secondary N) is 2. The van der Waals surface area contributed by atoms with Crippen molar-refractivity contribution in [3.63, 3.8) is 0 Å². The van der Waals surface area contributed by atoms with Crippen LogP contribution in [0, 0.1) is 0 Å². The van der Waals surface area contributed by atoms with Crippen molar-refractivity contribution in [2.24, 2.45) is 0 Å². The molecule has 0 radical (unpaired) electrons. The van der Waals surface area contributed by atoms with Crippen LogP contribution in [0.2, 0.25) is 0 Å². The monoisotopic (exact) mass is 421 g/mol. The van der Waals surface area contributed by atoms with E-state index in [-0.39, 0.29) is 24.2 Å². The summed E-state index contributed by atoms with van der Waals surface area (Å²) in [7, 11) is 0. The van der Waals surface area contributed by atoms with Crippen LogP contribution in [0.5, 0.6) is 0 Å². The molecule has 0 spiro atoms. The van der Waals surface area contributed by atoms with Crippen LogP contribution in [0.4, 0.5) is 21.3 Å². The van der Waals surface area contributed by atoms with E-state index in [1.165, 1.54) is 23.1 Å². The van der Waals surface area contributed by atoms with Crippen molar-refractivity contribution in [1.29, 1.82) is 0 Å². The van der Waals surface area contributed by atoms with E-state index in [0.717, 1.165) is 17.7 Å². The second-order valence-corrected chi connectivity index (χ2v) is 8.02. The second-order valence-electron chi connectivity index (χ2n) is 5.82. The predicted octanol–water partition coefficient (Wildman–Crippen LogP) is 2.75. The molecule has 3 amide bonds. The summed E-state index contributed by atoms with van der Waals surface area (Å²) in [5.41, 5.74) is 2.63. The van der Waals surface area contributed by atoms with E-state index in [4.69, 9.17) is 4.74 Å². The minimum atomic E-state index is -0.590. The first-order valence-corrected chi connectivity index (χ1v) is 10.4. The molecule has 3 rings (SSSR count). The molecule has 1 aromatic heterocycles. The van der Waals surface area contributed by atoms with Gasteiger partial charge in [0.15, 0.2) is 4.34 Å². The van der Waals surface area contributed by atoms with Crippen LogP contribution in [0.1, 0.15) is 19.4 Å². The molecule has 0 bridgehead atoms. The van der Waals surface area contributed by atoms with Crippen LogP contribution in [-0.4, -0.2) is 47.0 Å². The van der Waals surface area contributed by atoms with Crippen LogP contribution in [0.15, 0.2) is 22.5 Å². The molecular formula is C17H19N5O4S2. The Labute approximate surface area is 169 Å². The van der Waals surface area contributed by atoms with Gasteiger partial charge < -0.3 is 15.0 Å². The first kappa shape index (κ1) is 20.1. The number of carbonyl (C=O) groups is 3. The molecule has 0 atom stereocenters. The van der Waals surface area contributed by atoms with Crippen LogP contribution in [0.25, 0.3) is 0 Å². The number of fused-ring (bicyclic) bond motifs is 1. The van der Waals surface area contributed by atoms with Crippen LogP contribution >= 0.6 is 23.1 Å². The van der Waals surface area contributed by atoms with Crippen molar-refractivity contribution in [1.82, 2.24) is 10.2 Å². The molecule has 2 heterocycles.